The van der Waals surface area contributed by atoms with Crippen LogP contribution < -0.4 is 0 Å². The number of rotatable bonds is 4. The van der Waals surface area contributed by atoms with Crippen LogP contribution in [-0.4, -0.2) is 29.8 Å². The molecular formula is C6H3F10O. The maximum atomic E-state index is 12.3. The van der Waals surface area contributed by atoms with E-state index in [1.807, 2.05) is 0 Å². The second-order valence-electron chi connectivity index (χ2n) is 3.13. The molecule has 0 heterocycles. The van der Waals surface area contributed by atoms with Gasteiger partial charge in [-0.25, -0.2) is 0 Å². The quantitative estimate of drug-likeness (QED) is 0.702. The maximum Gasteiger partial charge on any atom is 0.452 e. The van der Waals surface area contributed by atoms with Gasteiger partial charge in [-0.1, -0.05) is 0 Å². The van der Waals surface area contributed by atoms with E-state index in [1.54, 1.807) is 0 Å². The lowest BCUT2D eigenvalue weighted by molar-refractivity contribution is -0.448. The zero-order valence-electron chi connectivity index (χ0n) is 7.69. The second-order valence-corrected chi connectivity index (χ2v) is 3.13. The lowest BCUT2D eigenvalue weighted by Gasteiger charge is -2.36. The van der Waals surface area contributed by atoms with E-state index >= 15 is 0 Å². The van der Waals surface area contributed by atoms with Gasteiger partial charge < -0.3 is 0 Å². The van der Waals surface area contributed by atoms with E-state index in [0.717, 1.165) is 0 Å². The first-order valence-electron chi connectivity index (χ1n) is 3.59. The Kier molecular flexibility index (Phi) is 3.47. The van der Waals surface area contributed by atoms with Crippen molar-refractivity contribution in [2.24, 2.45) is 0 Å². The van der Waals surface area contributed by atoms with Crippen LogP contribution in [0.3, 0.4) is 0 Å². The van der Waals surface area contributed by atoms with E-state index in [9.17, 15) is 49.0 Å². The summed E-state index contributed by atoms with van der Waals surface area (Å²) >= 11 is 0. The van der Waals surface area contributed by atoms with Crippen LogP contribution in [0.1, 0.15) is 6.92 Å². The minimum Gasteiger partial charge on any atom is -0.200 e. The summed E-state index contributed by atoms with van der Waals surface area (Å²) < 4.78 is 121. The van der Waals surface area contributed by atoms with Gasteiger partial charge in [-0.2, -0.15) is 49.0 Å². The normalized spacial score (nSPS) is 16.2. The molecule has 0 saturated carbocycles. The lowest BCUT2D eigenvalue weighted by atomic mass is 9.99. The molecule has 0 aliphatic carbocycles. The monoisotopic (exact) mass is 281 g/mol. The van der Waals surface area contributed by atoms with Gasteiger partial charge in [0.1, 0.15) is 0 Å². The molecule has 17 heavy (non-hydrogen) atoms. The van der Waals surface area contributed by atoms with Crippen molar-refractivity contribution in [3.8, 4) is 0 Å². The van der Waals surface area contributed by atoms with Crippen LogP contribution in [0.2, 0.25) is 0 Å². The third kappa shape index (κ3) is 2.16. The van der Waals surface area contributed by atoms with Crippen LogP contribution in [0.15, 0.2) is 0 Å². The van der Waals surface area contributed by atoms with Crippen molar-refractivity contribution >= 4 is 0 Å². The van der Waals surface area contributed by atoms with E-state index in [-0.39, 0.29) is 0 Å². The van der Waals surface area contributed by atoms with Crippen molar-refractivity contribution in [2.45, 2.75) is 36.7 Å². The van der Waals surface area contributed by atoms with Crippen LogP contribution in [0.5, 0.6) is 0 Å². The van der Waals surface area contributed by atoms with Crippen molar-refractivity contribution in [3.05, 3.63) is 0 Å². The third-order valence-electron chi connectivity index (χ3n) is 1.71. The van der Waals surface area contributed by atoms with E-state index in [2.05, 4.69) is 0 Å². The first-order valence-corrected chi connectivity index (χ1v) is 3.59. The van der Waals surface area contributed by atoms with E-state index in [4.69, 9.17) is 0 Å². The Labute approximate surface area is 87.0 Å². The van der Waals surface area contributed by atoms with Crippen molar-refractivity contribution in [1.29, 1.82) is 0 Å². The average Bonchev–Trinajstić information content (AvgIpc) is 1.98. The summed E-state index contributed by atoms with van der Waals surface area (Å²) in [7, 11) is 0. The summed E-state index contributed by atoms with van der Waals surface area (Å²) in [6.07, 6.45) is -6.84. The average molecular weight is 281 g/mol. The summed E-state index contributed by atoms with van der Waals surface area (Å²) in [6, 6.07) is 0. The SMILES string of the molecule is CC(F)(F)C(F)(F)C(F)(F)C(F)(F)C([O])(F)F. The molecule has 11 heteroatoms. The Morgan fingerprint density at radius 1 is 0.588 bits per heavy atom. The Bertz CT molecular complexity index is 256. The molecule has 1 nitrogen and oxygen atoms in total. The molecule has 103 valence electrons. The second kappa shape index (κ2) is 3.62. The zero-order valence-corrected chi connectivity index (χ0v) is 7.69. The minimum absolute atomic E-state index is 0.875. The molecule has 0 N–H and O–H groups in total. The van der Waals surface area contributed by atoms with Crippen molar-refractivity contribution in [3.63, 3.8) is 0 Å². The molecule has 0 amide bonds. The fraction of sp³-hybridized carbons (Fsp3) is 1.00. The molecule has 0 saturated heterocycles. The summed E-state index contributed by atoms with van der Waals surface area (Å²) in [6.45, 7) is -0.875. The Morgan fingerprint density at radius 2 is 0.882 bits per heavy atom. The molecule has 0 spiro atoms. The highest BCUT2D eigenvalue weighted by Gasteiger charge is 2.86. The van der Waals surface area contributed by atoms with Gasteiger partial charge >= 0.3 is 29.8 Å². The van der Waals surface area contributed by atoms with Crippen LogP contribution in [0, 0.1) is 0 Å². The summed E-state index contributed by atoms with van der Waals surface area (Å²) in [4.78, 5) is 0. The van der Waals surface area contributed by atoms with Crippen LogP contribution >= 0.6 is 0 Å². The van der Waals surface area contributed by atoms with Gasteiger partial charge in [0.2, 0.25) is 0 Å². The number of hydrogen-bond acceptors (Lipinski definition) is 0. The molecule has 1 radical (unpaired) electrons. The highest BCUT2D eigenvalue weighted by Crippen LogP contribution is 2.56. The molecule has 0 aromatic carbocycles. The number of hydrogen-bond donors (Lipinski definition) is 0. The molecule has 0 aliphatic heterocycles. The molecule has 0 rings (SSSR count). The van der Waals surface area contributed by atoms with Crippen LogP contribution in [0.25, 0.3) is 0 Å². The molecule has 0 bridgehead atoms. The largest absolute Gasteiger partial charge is 0.452 e. The predicted molar refractivity (Wildman–Crippen MR) is 31.1 cm³/mol. The van der Waals surface area contributed by atoms with Gasteiger partial charge in [-0.15, -0.1) is 0 Å². The molecule has 0 atom stereocenters. The smallest absolute Gasteiger partial charge is 0.200 e. The van der Waals surface area contributed by atoms with Gasteiger partial charge in [0.25, 0.3) is 0 Å². The zero-order chi connectivity index (χ0) is 14.5. The highest BCUT2D eigenvalue weighted by atomic mass is 19.4. The topological polar surface area (TPSA) is 19.9 Å². The fourth-order valence-electron chi connectivity index (χ4n) is 0.656. The third-order valence-corrected chi connectivity index (χ3v) is 1.71. The van der Waals surface area contributed by atoms with Gasteiger partial charge in [-0.05, 0) is 0 Å². The van der Waals surface area contributed by atoms with E-state index < -0.39 is 36.7 Å². The molecule has 0 aromatic rings. The minimum atomic E-state index is -7.22. The first kappa shape index (κ1) is 16.3. The number of halogens is 10. The van der Waals surface area contributed by atoms with Crippen LogP contribution in [0.4, 0.5) is 43.9 Å². The van der Waals surface area contributed by atoms with E-state index in [0.29, 0.717) is 0 Å². The van der Waals surface area contributed by atoms with Gasteiger partial charge in [0.05, 0.1) is 0 Å². The highest BCUT2D eigenvalue weighted by molar-refractivity contribution is 5.04. The Hall–Kier alpha value is -0.740. The maximum absolute atomic E-state index is 12.3. The lowest BCUT2D eigenvalue weighted by Crippen LogP contribution is -2.66. The standard InChI is InChI=1S/C6H3F10O/c1-2(7,8)3(9,10)4(11,12)5(13,14)6(15,16)17/h1H3. The Morgan fingerprint density at radius 3 is 1.06 bits per heavy atom. The van der Waals surface area contributed by atoms with Gasteiger partial charge in [0.15, 0.2) is 0 Å². The molecule has 0 unspecified atom stereocenters. The van der Waals surface area contributed by atoms with E-state index in [1.165, 1.54) is 0 Å². The summed E-state index contributed by atoms with van der Waals surface area (Å²) in [5.74, 6) is -26.9. The summed E-state index contributed by atoms with van der Waals surface area (Å²) in [5.41, 5.74) is 0. The predicted octanol–water partition coefficient (Wildman–Crippen LogP) is 3.57. The Balaban J connectivity index is 5.73. The molecule has 0 fully saturated rings. The van der Waals surface area contributed by atoms with Crippen molar-refractivity contribution in [1.82, 2.24) is 0 Å². The first-order chi connectivity index (χ1) is 7.00. The van der Waals surface area contributed by atoms with Gasteiger partial charge in [0, 0.05) is 6.92 Å². The molecular weight excluding hydrogens is 278 g/mol. The molecule has 0 aliphatic rings. The fourth-order valence-corrected chi connectivity index (χ4v) is 0.656. The van der Waals surface area contributed by atoms with Gasteiger partial charge in [-0.3, -0.25) is 0 Å². The number of alkyl halides is 10. The van der Waals surface area contributed by atoms with Crippen LogP contribution in [-0.2, 0) is 5.11 Å². The summed E-state index contributed by atoms with van der Waals surface area (Å²) in [5, 5.41) is 9.40. The van der Waals surface area contributed by atoms with Crippen molar-refractivity contribution < 1.29 is 49.0 Å². The van der Waals surface area contributed by atoms with Crippen molar-refractivity contribution in [2.75, 3.05) is 0 Å². The molecule has 0 aromatic heterocycles.